The van der Waals surface area contributed by atoms with Gasteiger partial charge in [-0.2, -0.15) is 0 Å². The molecule has 2 aromatic rings. The predicted molar refractivity (Wildman–Crippen MR) is 75.7 cm³/mol. The van der Waals surface area contributed by atoms with Crippen LogP contribution in [-0.2, 0) is 16.0 Å². The number of carbonyl (C=O) groups is 1. The maximum atomic E-state index is 12.4. The Balaban J connectivity index is 2.50. The molecule has 2 N–H and O–H groups in total. The first-order valence-corrected chi connectivity index (χ1v) is 6.29. The van der Waals surface area contributed by atoms with Gasteiger partial charge in [-0.3, -0.25) is 9.59 Å². The van der Waals surface area contributed by atoms with Crippen LogP contribution in [0.1, 0.15) is 16.7 Å². The summed E-state index contributed by atoms with van der Waals surface area (Å²) in [5.74, 6) is -0.551. The molecule has 1 aromatic carbocycles. The van der Waals surface area contributed by atoms with Gasteiger partial charge in [0.05, 0.1) is 18.8 Å². The summed E-state index contributed by atoms with van der Waals surface area (Å²) in [6.45, 7) is 3.80. The summed E-state index contributed by atoms with van der Waals surface area (Å²) in [6.07, 6.45) is 1.46. The van der Waals surface area contributed by atoms with E-state index < -0.39 is 12.0 Å². The third-order valence-electron chi connectivity index (χ3n) is 3.23. The van der Waals surface area contributed by atoms with E-state index in [0.29, 0.717) is 16.5 Å². The lowest BCUT2D eigenvalue weighted by Gasteiger charge is -2.09. The fourth-order valence-corrected chi connectivity index (χ4v) is 2.27. The van der Waals surface area contributed by atoms with Crippen molar-refractivity contribution in [1.29, 1.82) is 0 Å². The van der Waals surface area contributed by atoms with Gasteiger partial charge < -0.3 is 14.9 Å². The van der Waals surface area contributed by atoms with Gasteiger partial charge in [0.1, 0.15) is 11.6 Å². The fourth-order valence-electron chi connectivity index (χ4n) is 2.27. The van der Waals surface area contributed by atoms with Crippen LogP contribution in [0, 0.1) is 13.8 Å². The maximum Gasteiger partial charge on any atom is 0.322 e. The number of hydrogen-bond donors (Lipinski definition) is 1. The summed E-state index contributed by atoms with van der Waals surface area (Å²) in [5, 5.41) is 0.533. The van der Waals surface area contributed by atoms with Gasteiger partial charge in [-0.25, -0.2) is 0 Å². The van der Waals surface area contributed by atoms with E-state index in [1.807, 2.05) is 26.0 Å². The summed E-state index contributed by atoms with van der Waals surface area (Å²) in [7, 11) is 1.26. The minimum atomic E-state index is -0.869. The molecule has 1 aromatic heterocycles. The molecule has 0 bridgehead atoms. The quantitative estimate of drug-likeness (QED) is 0.857. The SMILES string of the molecule is COC(=O)C(N)Cc1coc2cc(C)cc(C)c2c1=O. The Morgan fingerprint density at radius 3 is 2.75 bits per heavy atom. The number of ether oxygens (including phenoxy) is 1. The molecule has 0 aliphatic rings. The van der Waals surface area contributed by atoms with E-state index in [0.717, 1.165) is 11.1 Å². The molecule has 1 unspecified atom stereocenters. The first-order valence-electron chi connectivity index (χ1n) is 6.29. The summed E-state index contributed by atoms with van der Waals surface area (Å²) in [6, 6.07) is 2.86. The zero-order valence-electron chi connectivity index (χ0n) is 11.7. The van der Waals surface area contributed by atoms with Crippen LogP contribution in [0.5, 0.6) is 0 Å². The second kappa shape index (κ2) is 5.46. The van der Waals surface area contributed by atoms with Crippen molar-refractivity contribution in [3.05, 3.63) is 45.3 Å². The van der Waals surface area contributed by atoms with Crippen LogP contribution < -0.4 is 11.2 Å². The molecule has 5 heteroatoms. The average molecular weight is 275 g/mol. The Morgan fingerprint density at radius 1 is 1.40 bits per heavy atom. The molecule has 0 amide bonds. The molecule has 2 rings (SSSR count). The molecule has 1 atom stereocenters. The van der Waals surface area contributed by atoms with Gasteiger partial charge in [-0.15, -0.1) is 0 Å². The normalized spacial score (nSPS) is 12.4. The first-order chi connectivity index (χ1) is 9.43. The molecule has 0 fully saturated rings. The van der Waals surface area contributed by atoms with E-state index in [9.17, 15) is 9.59 Å². The van der Waals surface area contributed by atoms with Crippen molar-refractivity contribution in [2.24, 2.45) is 5.73 Å². The molecule has 20 heavy (non-hydrogen) atoms. The fraction of sp³-hybridized carbons (Fsp3) is 0.333. The highest BCUT2D eigenvalue weighted by Crippen LogP contribution is 2.18. The molecular formula is C15H17NO4. The molecular weight excluding hydrogens is 258 g/mol. The zero-order valence-corrected chi connectivity index (χ0v) is 11.7. The highest BCUT2D eigenvalue weighted by molar-refractivity contribution is 5.81. The number of methoxy groups -OCH3 is 1. The summed E-state index contributed by atoms with van der Waals surface area (Å²) in [5.41, 5.74) is 8.33. The van der Waals surface area contributed by atoms with Gasteiger partial charge in [-0.05, 0) is 31.0 Å². The van der Waals surface area contributed by atoms with Crippen molar-refractivity contribution in [3.8, 4) is 0 Å². The minimum absolute atomic E-state index is 0.0955. The molecule has 0 saturated carbocycles. The second-order valence-electron chi connectivity index (χ2n) is 4.88. The smallest absolute Gasteiger partial charge is 0.322 e. The van der Waals surface area contributed by atoms with Crippen molar-refractivity contribution in [2.75, 3.05) is 7.11 Å². The van der Waals surface area contributed by atoms with Crippen molar-refractivity contribution in [3.63, 3.8) is 0 Å². The van der Waals surface area contributed by atoms with Crippen LogP contribution in [0.15, 0.2) is 27.6 Å². The number of rotatable bonds is 3. The van der Waals surface area contributed by atoms with Crippen LogP contribution in [-0.4, -0.2) is 19.1 Å². The van der Waals surface area contributed by atoms with E-state index in [-0.39, 0.29) is 11.8 Å². The Morgan fingerprint density at radius 2 is 2.10 bits per heavy atom. The van der Waals surface area contributed by atoms with Gasteiger partial charge in [0.25, 0.3) is 0 Å². The third-order valence-corrected chi connectivity index (χ3v) is 3.23. The van der Waals surface area contributed by atoms with Crippen LogP contribution in [0.4, 0.5) is 0 Å². The van der Waals surface area contributed by atoms with E-state index in [1.54, 1.807) is 0 Å². The molecule has 5 nitrogen and oxygen atoms in total. The van der Waals surface area contributed by atoms with Gasteiger partial charge >= 0.3 is 5.97 Å². The van der Waals surface area contributed by atoms with E-state index in [1.165, 1.54) is 13.4 Å². The third kappa shape index (κ3) is 2.58. The Labute approximate surface area is 116 Å². The van der Waals surface area contributed by atoms with Crippen LogP contribution in [0.2, 0.25) is 0 Å². The zero-order chi connectivity index (χ0) is 14.9. The number of aryl methyl sites for hydroxylation is 2. The highest BCUT2D eigenvalue weighted by atomic mass is 16.5. The van der Waals surface area contributed by atoms with Crippen molar-refractivity contribution in [1.82, 2.24) is 0 Å². The minimum Gasteiger partial charge on any atom is -0.468 e. The van der Waals surface area contributed by atoms with Gasteiger partial charge in [0, 0.05) is 12.0 Å². The largest absolute Gasteiger partial charge is 0.468 e. The van der Waals surface area contributed by atoms with Crippen LogP contribution >= 0.6 is 0 Å². The van der Waals surface area contributed by atoms with E-state index >= 15 is 0 Å². The molecule has 1 heterocycles. The Bertz CT molecular complexity index is 718. The molecule has 106 valence electrons. The number of nitrogens with two attached hydrogens (primary N) is 1. The summed E-state index contributed by atoms with van der Waals surface area (Å²) < 4.78 is 10.0. The molecule has 0 aliphatic carbocycles. The van der Waals surface area contributed by atoms with Crippen molar-refractivity contribution < 1.29 is 13.9 Å². The topological polar surface area (TPSA) is 82.5 Å². The van der Waals surface area contributed by atoms with E-state index in [4.69, 9.17) is 10.2 Å². The monoisotopic (exact) mass is 275 g/mol. The number of fused-ring (bicyclic) bond motifs is 1. The predicted octanol–water partition coefficient (Wildman–Crippen LogP) is 1.45. The molecule has 0 aliphatic heterocycles. The average Bonchev–Trinajstić information content (AvgIpc) is 2.40. The lowest BCUT2D eigenvalue weighted by molar-refractivity contribution is -0.142. The second-order valence-corrected chi connectivity index (χ2v) is 4.88. The lowest BCUT2D eigenvalue weighted by Crippen LogP contribution is -2.35. The number of carbonyl (C=O) groups excluding carboxylic acids is 1. The van der Waals surface area contributed by atoms with Crippen molar-refractivity contribution >= 4 is 16.9 Å². The highest BCUT2D eigenvalue weighted by Gasteiger charge is 2.18. The first kappa shape index (κ1) is 14.3. The molecule has 0 radical (unpaired) electrons. The van der Waals surface area contributed by atoms with Crippen molar-refractivity contribution in [2.45, 2.75) is 26.3 Å². The van der Waals surface area contributed by atoms with Crippen LogP contribution in [0.25, 0.3) is 11.0 Å². The Kier molecular flexibility index (Phi) is 3.90. The number of benzene rings is 1. The van der Waals surface area contributed by atoms with Gasteiger partial charge in [0.2, 0.25) is 0 Å². The number of esters is 1. The summed E-state index contributed by atoms with van der Waals surface area (Å²) >= 11 is 0. The van der Waals surface area contributed by atoms with E-state index in [2.05, 4.69) is 4.74 Å². The molecule has 0 spiro atoms. The summed E-state index contributed by atoms with van der Waals surface area (Å²) in [4.78, 5) is 23.8. The number of hydrogen-bond acceptors (Lipinski definition) is 5. The molecule has 0 saturated heterocycles. The van der Waals surface area contributed by atoms with Gasteiger partial charge in [0.15, 0.2) is 5.43 Å². The Hall–Kier alpha value is -2.14. The maximum absolute atomic E-state index is 12.4. The van der Waals surface area contributed by atoms with Gasteiger partial charge in [-0.1, -0.05) is 6.07 Å². The standard InChI is InChI=1S/C15H17NO4/c1-8-4-9(2)13-12(5-8)20-7-10(14(13)17)6-11(16)15(18)19-3/h4-5,7,11H,6,16H2,1-3H3. The lowest BCUT2D eigenvalue weighted by atomic mass is 10.0. The van der Waals surface area contributed by atoms with Crippen LogP contribution in [0.3, 0.4) is 0 Å².